The Morgan fingerprint density at radius 2 is 2.06 bits per heavy atom. The van der Waals surface area contributed by atoms with Crippen LogP contribution in [0, 0.1) is 6.92 Å². The van der Waals surface area contributed by atoms with Crippen LogP contribution in [0.25, 0.3) is 0 Å². The minimum atomic E-state index is -4.21. The van der Waals surface area contributed by atoms with Crippen LogP contribution in [0.4, 0.5) is 18.3 Å². The molecule has 3 nitrogen and oxygen atoms in total. The molecule has 0 aliphatic heterocycles. The molecule has 0 fully saturated rings. The van der Waals surface area contributed by atoms with Crippen molar-refractivity contribution in [2.45, 2.75) is 33.0 Å². The van der Waals surface area contributed by atoms with Gasteiger partial charge < -0.3 is 10.6 Å². The first-order chi connectivity index (χ1) is 7.87. The predicted octanol–water partition coefficient (Wildman–Crippen LogP) is 2.69. The van der Waals surface area contributed by atoms with Crippen molar-refractivity contribution in [1.82, 2.24) is 4.98 Å². The zero-order chi connectivity index (χ0) is 13.1. The van der Waals surface area contributed by atoms with Gasteiger partial charge in [0.05, 0.1) is 5.69 Å². The first kappa shape index (κ1) is 14.2. The van der Waals surface area contributed by atoms with E-state index in [0.29, 0.717) is 24.6 Å². The average Bonchev–Trinajstić information content (AvgIpc) is 2.57. The maximum atomic E-state index is 12.4. The van der Waals surface area contributed by atoms with E-state index in [1.165, 1.54) is 16.2 Å². The summed E-state index contributed by atoms with van der Waals surface area (Å²) in [5.41, 5.74) is 6.21. The Balaban J connectivity index is 2.89. The molecular weight excluding hydrogens is 251 g/mol. The molecule has 0 radical (unpaired) electrons. The lowest BCUT2D eigenvalue weighted by Gasteiger charge is -2.22. The van der Waals surface area contributed by atoms with E-state index in [2.05, 4.69) is 4.98 Å². The number of aryl methyl sites for hydroxylation is 1. The minimum absolute atomic E-state index is 0.315. The Bertz CT molecular complexity index is 362. The summed E-state index contributed by atoms with van der Waals surface area (Å²) in [6.07, 6.45) is -3.57. The molecule has 0 atom stereocenters. The Morgan fingerprint density at radius 1 is 1.41 bits per heavy atom. The second-order valence-corrected chi connectivity index (χ2v) is 4.81. The van der Waals surface area contributed by atoms with Gasteiger partial charge in [-0.1, -0.05) is 6.92 Å². The molecule has 0 unspecified atom stereocenters. The van der Waals surface area contributed by atoms with Crippen molar-refractivity contribution in [3.8, 4) is 0 Å². The van der Waals surface area contributed by atoms with E-state index >= 15 is 0 Å². The number of thiazole rings is 1. The van der Waals surface area contributed by atoms with Gasteiger partial charge in [0, 0.05) is 18.0 Å². The molecule has 0 bridgehead atoms. The molecule has 98 valence electrons. The fraction of sp³-hybridized carbons (Fsp3) is 0.700. The van der Waals surface area contributed by atoms with Gasteiger partial charge in [-0.3, -0.25) is 0 Å². The lowest BCUT2D eigenvalue weighted by atomic mass is 10.4. The maximum Gasteiger partial charge on any atom is 0.406 e. The van der Waals surface area contributed by atoms with Gasteiger partial charge in [-0.25, -0.2) is 4.98 Å². The number of halogens is 3. The fourth-order valence-corrected chi connectivity index (χ4v) is 2.43. The van der Waals surface area contributed by atoms with Crippen molar-refractivity contribution < 1.29 is 13.2 Å². The largest absolute Gasteiger partial charge is 0.406 e. The molecule has 0 saturated carbocycles. The topological polar surface area (TPSA) is 42.2 Å². The van der Waals surface area contributed by atoms with Gasteiger partial charge in [0.1, 0.15) is 6.54 Å². The first-order valence-electron chi connectivity index (χ1n) is 5.35. The van der Waals surface area contributed by atoms with Gasteiger partial charge in [0.2, 0.25) is 0 Å². The highest BCUT2D eigenvalue weighted by atomic mass is 32.1. The Kier molecular flexibility index (Phi) is 4.76. The molecule has 0 amide bonds. The molecule has 1 rings (SSSR count). The summed E-state index contributed by atoms with van der Waals surface area (Å²) in [4.78, 5) is 6.25. The Morgan fingerprint density at radius 3 is 2.47 bits per heavy atom. The Hall–Kier alpha value is -0.820. The van der Waals surface area contributed by atoms with Crippen LogP contribution in [0.15, 0.2) is 0 Å². The molecule has 1 aromatic heterocycles. The highest BCUT2D eigenvalue weighted by molar-refractivity contribution is 7.15. The minimum Gasteiger partial charge on any atom is -0.339 e. The molecule has 0 aliphatic carbocycles. The van der Waals surface area contributed by atoms with E-state index in [-0.39, 0.29) is 0 Å². The third-order valence-corrected chi connectivity index (χ3v) is 3.44. The van der Waals surface area contributed by atoms with Crippen LogP contribution < -0.4 is 10.6 Å². The summed E-state index contributed by atoms with van der Waals surface area (Å²) < 4.78 is 37.2. The molecule has 17 heavy (non-hydrogen) atoms. The van der Waals surface area contributed by atoms with Crippen LogP contribution in [0.5, 0.6) is 0 Å². The molecule has 1 heterocycles. The lowest BCUT2D eigenvalue weighted by Crippen LogP contribution is -2.34. The number of alkyl halides is 3. The standard InChI is InChI=1S/C10H16F3N3S/c1-3-4-16(6-10(11,12)13)9-15-7(2)8(5-14)17-9/h3-6,14H2,1-2H3. The van der Waals surface area contributed by atoms with Crippen LogP contribution in [0.3, 0.4) is 0 Å². The van der Waals surface area contributed by atoms with E-state index < -0.39 is 12.7 Å². The predicted molar refractivity (Wildman–Crippen MR) is 63.3 cm³/mol. The number of anilines is 1. The summed E-state index contributed by atoms with van der Waals surface area (Å²) in [6.45, 7) is 3.30. The summed E-state index contributed by atoms with van der Waals surface area (Å²) in [6, 6.07) is 0. The second kappa shape index (κ2) is 5.68. The van der Waals surface area contributed by atoms with Crippen molar-refractivity contribution in [2.75, 3.05) is 18.0 Å². The average molecular weight is 267 g/mol. The van der Waals surface area contributed by atoms with E-state index in [9.17, 15) is 13.2 Å². The summed E-state index contributed by atoms with van der Waals surface area (Å²) in [5.74, 6) is 0. The normalized spacial score (nSPS) is 11.9. The summed E-state index contributed by atoms with van der Waals surface area (Å²) >= 11 is 1.24. The number of aromatic nitrogens is 1. The number of nitrogens with two attached hydrogens (primary N) is 1. The van der Waals surface area contributed by atoms with Crippen LogP contribution >= 0.6 is 11.3 Å². The van der Waals surface area contributed by atoms with E-state index in [0.717, 1.165) is 10.6 Å². The molecule has 2 N–H and O–H groups in total. The van der Waals surface area contributed by atoms with Gasteiger partial charge in [0.25, 0.3) is 0 Å². The summed E-state index contributed by atoms with van der Waals surface area (Å²) in [7, 11) is 0. The zero-order valence-electron chi connectivity index (χ0n) is 9.84. The molecule has 0 aliphatic rings. The number of hydrogen-bond donors (Lipinski definition) is 1. The highest BCUT2D eigenvalue weighted by Gasteiger charge is 2.31. The monoisotopic (exact) mass is 267 g/mol. The zero-order valence-corrected chi connectivity index (χ0v) is 10.7. The highest BCUT2D eigenvalue weighted by Crippen LogP contribution is 2.28. The second-order valence-electron chi connectivity index (χ2n) is 3.75. The molecule has 7 heteroatoms. The molecule has 0 saturated heterocycles. The molecule has 1 aromatic rings. The van der Waals surface area contributed by atoms with Crippen molar-refractivity contribution >= 4 is 16.5 Å². The van der Waals surface area contributed by atoms with Crippen molar-refractivity contribution in [3.05, 3.63) is 10.6 Å². The fourth-order valence-electron chi connectivity index (χ4n) is 1.47. The molecular formula is C10H16F3N3S. The van der Waals surface area contributed by atoms with Crippen molar-refractivity contribution in [3.63, 3.8) is 0 Å². The maximum absolute atomic E-state index is 12.4. The van der Waals surface area contributed by atoms with E-state index in [1.807, 2.05) is 6.92 Å². The lowest BCUT2D eigenvalue weighted by molar-refractivity contribution is -0.119. The van der Waals surface area contributed by atoms with Gasteiger partial charge >= 0.3 is 6.18 Å². The molecule has 0 spiro atoms. The van der Waals surface area contributed by atoms with Gasteiger partial charge in [0.15, 0.2) is 5.13 Å². The summed E-state index contributed by atoms with van der Waals surface area (Å²) in [5, 5.41) is 0.405. The Labute approximate surface area is 102 Å². The van der Waals surface area contributed by atoms with Crippen LogP contribution in [0.2, 0.25) is 0 Å². The molecule has 0 aromatic carbocycles. The number of rotatable bonds is 5. The van der Waals surface area contributed by atoms with E-state index in [4.69, 9.17) is 5.73 Å². The van der Waals surface area contributed by atoms with E-state index in [1.54, 1.807) is 6.92 Å². The van der Waals surface area contributed by atoms with Crippen LogP contribution in [-0.4, -0.2) is 24.2 Å². The van der Waals surface area contributed by atoms with Crippen molar-refractivity contribution in [1.29, 1.82) is 0 Å². The SMILES string of the molecule is CCCN(CC(F)(F)F)c1nc(C)c(CN)s1. The van der Waals surface area contributed by atoms with Gasteiger partial charge in [-0.15, -0.1) is 11.3 Å². The first-order valence-corrected chi connectivity index (χ1v) is 6.17. The quantitative estimate of drug-likeness (QED) is 0.892. The third kappa shape index (κ3) is 4.16. The third-order valence-electron chi connectivity index (χ3n) is 2.20. The smallest absolute Gasteiger partial charge is 0.339 e. The number of hydrogen-bond acceptors (Lipinski definition) is 4. The van der Waals surface area contributed by atoms with Gasteiger partial charge in [-0.05, 0) is 13.3 Å². The van der Waals surface area contributed by atoms with Crippen molar-refractivity contribution in [2.24, 2.45) is 5.73 Å². The number of nitrogens with zero attached hydrogens (tertiary/aromatic N) is 2. The van der Waals surface area contributed by atoms with Crippen LogP contribution in [-0.2, 0) is 6.54 Å². The van der Waals surface area contributed by atoms with Crippen LogP contribution in [0.1, 0.15) is 23.9 Å². The van der Waals surface area contributed by atoms with Gasteiger partial charge in [-0.2, -0.15) is 13.2 Å².